The Balaban J connectivity index is 1.04. The first kappa shape index (κ1) is 35.4. The zero-order chi connectivity index (χ0) is 40.7. The van der Waals surface area contributed by atoms with Crippen molar-refractivity contribution in [3.8, 4) is 27.9 Å². The molecule has 0 aliphatic heterocycles. The molecule has 0 amide bonds. The summed E-state index contributed by atoms with van der Waals surface area (Å²) >= 11 is 0. The molecule has 62 heavy (non-hydrogen) atoms. The smallest absolute Gasteiger partial charge is 0.137 e. The van der Waals surface area contributed by atoms with Crippen LogP contribution >= 0.6 is 0 Å². The fourth-order valence-electron chi connectivity index (χ4n) is 11.5. The summed E-state index contributed by atoms with van der Waals surface area (Å²) in [7, 11) is 0. The topological polar surface area (TPSA) is 21.3 Å². The van der Waals surface area contributed by atoms with Crippen molar-refractivity contribution in [1.29, 1.82) is 0 Å². The summed E-state index contributed by atoms with van der Waals surface area (Å²) in [5.74, 6) is 2.42. The first-order chi connectivity index (χ1) is 30.7. The lowest BCUT2D eigenvalue weighted by molar-refractivity contribution is 0.420. The van der Waals surface area contributed by atoms with Crippen molar-refractivity contribution < 1.29 is 4.42 Å². The third kappa shape index (κ3) is 5.58. The summed E-state index contributed by atoms with van der Waals surface area (Å²) in [6.07, 6.45) is 5.53. The van der Waals surface area contributed by atoms with Crippen LogP contribution in [-0.2, 0) is 0 Å². The number of hydrogen-bond donors (Lipinski definition) is 0. The molecule has 0 radical (unpaired) electrons. The van der Waals surface area contributed by atoms with E-state index in [0.29, 0.717) is 5.92 Å². The lowest BCUT2D eigenvalue weighted by Crippen LogP contribution is -2.11. The van der Waals surface area contributed by atoms with E-state index in [1.54, 1.807) is 0 Å². The summed E-state index contributed by atoms with van der Waals surface area (Å²) in [6.45, 7) is 0. The summed E-state index contributed by atoms with van der Waals surface area (Å²) in [6, 6.07) is 73.4. The first-order valence-electron chi connectivity index (χ1n) is 22.2. The number of anilines is 3. The number of hydrogen-bond acceptors (Lipinski definition) is 2. The summed E-state index contributed by atoms with van der Waals surface area (Å²) in [5, 5.41) is 7.28. The van der Waals surface area contributed by atoms with E-state index in [-0.39, 0.29) is 0 Å². The minimum atomic E-state index is 0.675. The Kier molecular flexibility index (Phi) is 8.06. The molecule has 0 spiro atoms. The number of para-hydroxylation sites is 3. The number of aromatic nitrogens is 1. The zero-order valence-electron chi connectivity index (χ0n) is 34.4. The molecule has 3 unspecified atom stereocenters. The van der Waals surface area contributed by atoms with Gasteiger partial charge in [0.2, 0.25) is 0 Å². The van der Waals surface area contributed by atoms with E-state index in [4.69, 9.17) is 4.42 Å². The van der Waals surface area contributed by atoms with Crippen LogP contribution in [0.15, 0.2) is 205 Å². The van der Waals surface area contributed by atoms with Gasteiger partial charge < -0.3 is 13.9 Å². The minimum absolute atomic E-state index is 0.675. The van der Waals surface area contributed by atoms with Gasteiger partial charge in [0, 0.05) is 50.2 Å². The highest BCUT2D eigenvalue weighted by Crippen LogP contribution is 2.54. The fourth-order valence-corrected chi connectivity index (χ4v) is 11.5. The van der Waals surface area contributed by atoms with Crippen LogP contribution in [-0.4, -0.2) is 4.57 Å². The van der Waals surface area contributed by atoms with Crippen LogP contribution in [0, 0.1) is 11.8 Å². The number of fused-ring (bicyclic) bond motifs is 9. The fraction of sp³-hybridized carbons (Fsp3) is 0.119. The molecule has 3 heteroatoms. The second kappa shape index (κ2) is 14.1. The molecule has 2 aromatic heterocycles. The predicted molar refractivity (Wildman–Crippen MR) is 259 cm³/mol. The van der Waals surface area contributed by atoms with Crippen LogP contribution in [0.5, 0.6) is 0 Å². The Labute approximate surface area is 361 Å². The zero-order valence-corrected chi connectivity index (χ0v) is 34.4. The van der Waals surface area contributed by atoms with Crippen molar-refractivity contribution >= 4 is 71.6 Å². The number of furan rings is 1. The lowest BCUT2D eigenvalue weighted by atomic mass is 9.83. The van der Waals surface area contributed by atoms with Gasteiger partial charge in [-0.3, -0.25) is 0 Å². The van der Waals surface area contributed by atoms with E-state index >= 15 is 0 Å². The molecule has 2 heterocycles. The molecule has 2 aliphatic rings. The Morgan fingerprint density at radius 1 is 0.468 bits per heavy atom. The molecular formula is C59H44N2O. The van der Waals surface area contributed by atoms with E-state index in [0.717, 1.165) is 51.3 Å². The molecule has 2 fully saturated rings. The largest absolute Gasteiger partial charge is 0.456 e. The Bertz CT molecular complexity index is 3500. The van der Waals surface area contributed by atoms with E-state index < -0.39 is 0 Å². The van der Waals surface area contributed by atoms with Crippen molar-refractivity contribution in [2.24, 2.45) is 11.8 Å². The van der Waals surface area contributed by atoms with Crippen LogP contribution < -0.4 is 4.90 Å². The van der Waals surface area contributed by atoms with Gasteiger partial charge in [0.15, 0.2) is 0 Å². The third-order valence-corrected chi connectivity index (χ3v) is 14.3. The Morgan fingerprint density at radius 2 is 1.19 bits per heavy atom. The maximum Gasteiger partial charge on any atom is 0.137 e. The third-order valence-electron chi connectivity index (χ3n) is 14.3. The second-order valence-corrected chi connectivity index (χ2v) is 17.6. The minimum Gasteiger partial charge on any atom is -0.456 e. The lowest BCUT2D eigenvalue weighted by Gasteiger charge is -2.28. The molecule has 2 saturated carbocycles. The van der Waals surface area contributed by atoms with Gasteiger partial charge >= 0.3 is 0 Å². The van der Waals surface area contributed by atoms with Gasteiger partial charge in [-0.15, -0.1) is 0 Å². The maximum atomic E-state index is 6.78. The standard InChI is InChI=1S/C59H44N2O/c1-3-13-39(14-4-1)46-21-11-15-40-16-12-22-50(59(40)46)47-19-7-9-23-54(47)60(44-29-31-56-52(36-44)48-20-8-10-24-55(48)61(56)43-17-5-2-6-18-43)45-28-30-49-53-35-42(27-32-57(53)62-58(49)37-45)51-34-38-25-26-41(51)33-38/h1-24,27-32,35-38,41,51H,25-26,33-34H2. The highest BCUT2D eigenvalue weighted by molar-refractivity contribution is 6.13. The summed E-state index contributed by atoms with van der Waals surface area (Å²) < 4.78 is 9.17. The molecule has 11 aromatic rings. The molecule has 3 nitrogen and oxygen atoms in total. The SMILES string of the molecule is c1ccc(-c2cccc3cccc(-c4ccccc4N(c4ccc5c(c4)oc4ccc(C6CC7CCC6C7)cc45)c4ccc5c(c4)c4ccccc4n5-c4ccccc4)c23)cc1. The predicted octanol–water partition coefficient (Wildman–Crippen LogP) is 16.5. The van der Waals surface area contributed by atoms with Crippen LogP contribution in [0.3, 0.4) is 0 Å². The molecule has 0 saturated heterocycles. The van der Waals surface area contributed by atoms with Gasteiger partial charge in [-0.25, -0.2) is 0 Å². The highest BCUT2D eigenvalue weighted by atomic mass is 16.3. The Morgan fingerprint density at radius 3 is 2.03 bits per heavy atom. The van der Waals surface area contributed by atoms with Crippen molar-refractivity contribution in [2.75, 3.05) is 4.90 Å². The van der Waals surface area contributed by atoms with E-state index in [2.05, 4.69) is 210 Å². The monoisotopic (exact) mass is 796 g/mol. The maximum absolute atomic E-state index is 6.78. The van der Waals surface area contributed by atoms with Crippen LogP contribution in [0.25, 0.3) is 82.5 Å². The van der Waals surface area contributed by atoms with E-state index in [9.17, 15) is 0 Å². The van der Waals surface area contributed by atoms with Gasteiger partial charge in [-0.1, -0.05) is 134 Å². The van der Waals surface area contributed by atoms with Crippen molar-refractivity contribution in [2.45, 2.75) is 31.6 Å². The number of rotatable bonds is 7. The first-order valence-corrected chi connectivity index (χ1v) is 22.2. The van der Waals surface area contributed by atoms with Crippen LogP contribution in [0.2, 0.25) is 0 Å². The molecule has 0 N–H and O–H groups in total. The van der Waals surface area contributed by atoms with E-state index in [1.165, 1.54) is 91.3 Å². The molecule has 13 rings (SSSR count). The molecule has 296 valence electrons. The molecule has 9 aromatic carbocycles. The number of benzene rings is 9. The molecule has 2 aliphatic carbocycles. The van der Waals surface area contributed by atoms with Gasteiger partial charge in [0.1, 0.15) is 11.2 Å². The molecular weight excluding hydrogens is 753 g/mol. The Hall–Kier alpha value is -7.36. The summed E-state index contributed by atoms with van der Waals surface area (Å²) in [5.41, 5.74) is 14.9. The van der Waals surface area contributed by atoms with Crippen LogP contribution in [0.4, 0.5) is 17.1 Å². The van der Waals surface area contributed by atoms with E-state index in [1.807, 2.05) is 0 Å². The number of nitrogens with zero attached hydrogens (tertiary/aromatic N) is 2. The van der Waals surface area contributed by atoms with Gasteiger partial charge in [0.05, 0.1) is 16.7 Å². The average Bonchev–Trinajstić information content (AvgIpc) is 4.13. The highest BCUT2D eigenvalue weighted by Gasteiger charge is 2.40. The van der Waals surface area contributed by atoms with Crippen molar-refractivity contribution in [3.63, 3.8) is 0 Å². The van der Waals surface area contributed by atoms with Gasteiger partial charge in [0.25, 0.3) is 0 Å². The summed E-state index contributed by atoms with van der Waals surface area (Å²) in [4.78, 5) is 2.45. The molecule has 2 bridgehead atoms. The molecule has 3 atom stereocenters. The van der Waals surface area contributed by atoms with Gasteiger partial charge in [-0.05, 0) is 137 Å². The van der Waals surface area contributed by atoms with Crippen LogP contribution in [0.1, 0.15) is 37.2 Å². The normalized spacial score (nSPS) is 17.3. The van der Waals surface area contributed by atoms with Gasteiger partial charge in [-0.2, -0.15) is 0 Å². The quantitative estimate of drug-likeness (QED) is 0.160. The van der Waals surface area contributed by atoms with Crippen molar-refractivity contribution in [1.82, 2.24) is 4.57 Å². The average molecular weight is 797 g/mol. The second-order valence-electron chi connectivity index (χ2n) is 17.6. The van der Waals surface area contributed by atoms with Crippen molar-refractivity contribution in [3.05, 3.63) is 206 Å².